The Morgan fingerprint density at radius 3 is 2.64 bits per heavy atom. The lowest BCUT2D eigenvalue weighted by molar-refractivity contribution is -0.109. The van der Waals surface area contributed by atoms with Gasteiger partial charge in [0.25, 0.3) is 5.91 Å². The van der Waals surface area contributed by atoms with Gasteiger partial charge in [-0.2, -0.15) is 0 Å². The van der Waals surface area contributed by atoms with Crippen molar-refractivity contribution in [3.8, 4) is 5.75 Å². The summed E-state index contributed by atoms with van der Waals surface area (Å²) in [6.45, 7) is 0. The first-order valence-corrected chi connectivity index (χ1v) is 6.71. The largest absolute Gasteiger partial charge is 0.507 e. The van der Waals surface area contributed by atoms with E-state index < -0.39 is 11.9 Å². The highest BCUT2D eigenvalue weighted by atomic mass is 16.3. The second kappa shape index (κ2) is 5.73. The van der Waals surface area contributed by atoms with Crippen molar-refractivity contribution in [2.45, 2.75) is 6.04 Å². The lowest BCUT2D eigenvalue weighted by atomic mass is 10.1. The molecule has 22 heavy (non-hydrogen) atoms. The van der Waals surface area contributed by atoms with Crippen molar-refractivity contribution >= 4 is 23.0 Å². The van der Waals surface area contributed by atoms with Gasteiger partial charge < -0.3 is 19.6 Å². The van der Waals surface area contributed by atoms with Crippen LogP contribution in [0.1, 0.15) is 22.2 Å². The van der Waals surface area contributed by atoms with Gasteiger partial charge in [-0.3, -0.25) is 4.79 Å². The van der Waals surface area contributed by atoms with E-state index in [0.29, 0.717) is 12.0 Å². The first-order valence-electron chi connectivity index (χ1n) is 6.71. The Hall–Kier alpha value is -3.08. The number of carbonyl (C=O) groups excluding carboxylic acids is 2. The number of furan rings is 1. The number of phenolic OH excluding ortho intramolecular Hbond substituents is 1. The number of hydrogen-bond donors (Lipinski definition) is 2. The molecule has 0 saturated carbocycles. The van der Waals surface area contributed by atoms with Crippen LogP contribution in [0.15, 0.2) is 59.2 Å². The van der Waals surface area contributed by atoms with Gasteiger partial charge in [0.2, 0.25) is 0 Å². The molecule has 1 heterocycles. The Kier molecular flexibility index (Phi) is 3.62. The number of nitrogens with one attached hydrogen (secondary N) is 1. The van der Waals surface area contributed by atoms with Crippen molar-refractivity contribution < 1.29 is 19.1 Å². The average molecular weight is 295 g/mol. The van der Waals surface area contributed by atoms with Crippen LogP contribution in [0, 0.1) is 0 Å². The van der Waals surface area contributed by atoms with E-state index in [1.807, 2.05) is 24.3 Å². The van der Waals surface area contributed by atoms with E-state index >= 15 is 0 Å². The van der Waals surface area contributed by atoms with Crippen molar-refractivity contribution in [2.75, 3.05) is 0 Å². The Balaban J connectivity index is 1.91. The average Bonchev–Trinajstić information content (AvgIpc) is 2.97. The van der Waals surface area contributed by atoms with E-state index in [4.69, 9.17) is 4.42 Å². The van der Waals surface area contributed by atoms with Gasteiger partial charge >= 0.3 is 0 Å². The molecule has 110 valence electrons. The molecule has 0 radical (unpaired) electrons. The van der Waals surface area contributed by atoms with Gasteiger partial charge in [0, 0.05) is 10.8 Å². The minimum absolute atomic E-state index is 0.102. The van der Waals surface area contributed by atoms with E-state index in [1.54, 1.807) is 12.1 Å². The molecule has 0 aliphatic rings. The maximum atomic E-state index is 12.2. The molecular formula is C17H13NO4. The van der Waals surface area contributed by atoms with Gasteiger partial charge in [-0.25, -0.2) is 0 Å². The van der Waals surface area contributed by atoms with E-state index in [9.17, 15) is 14.7 Å². The second-order valence-electron chi connectivity index (χ2n) is 4.79. The zero-order chi connectivity index (χ0) is 15.5. The molecule has 3 rings (SSSR count). The van der Waals surface area contributed by atoms with Gasteiger partial charge in [-0.1, -0.05) is 36.4 Å². The predicted molar refractivity (Wildman–Crippen MR) is 80.6 cm³/mol. The van der Waals surface area contributed by atoms with Crippen LogP contribution in [-0.4, -0.2) is 17.3 Å². The van der Waals surface area contributed by atoms with Crippen LogP contribution in [0.2, 0.25) is 0 Å². The van der Waals surface area contributed by atoms with Crippen LogP contribution in [-0.2, 0) is 4.79 Å². The molecule has 5 heteroatoms. The predicted octanol–water partition coefficient (Wildman–Crippen LogP) is 2.81. The van der Waals surface area contributed by atoms with Gasteiger partial charge in [-0.15, -0.1) is 0 Å². The SMILES string of the molecule is O=CC(NC(=O)c1ccccc1O)c1occ2ccccc12. The molecule has 0 aliphatic carbocycles. The molecule has 0 fully saturated rings. The molecule has 1 atom stereocenters. The maximum absolute atomic E-state index is 12.2. The number of phenols is 1. The van der Waals surface area contributed by atoms with Gasteiger partial charge in [-0.05, 0) is 12.1 Å². The first kappa shape index (κ1) is 13.9. The van der Waals surface area contributed by atoms with E-state index in [-0.39, 0.29) is 11.3 Å². The topological polar surface area (TPSA) is 79.5 Å². The standard InChI is InChI=1S/C17H13NO4/c19-9-14(16-12-6-2-1-5-11(12)10-22-16)18-17(21)13-7-3-4-8-15(13)20/h1-10,14,20H,(H,18,21). The zero-order valence-electron chi connectivity index (χ0n) is 11.5. The quantitative estimate of drug-likeness (QED) is 0.725. The normalized spacial score (nSPS) is 12.0. The number of amides is 1. The van der Waals surface area contributed by atoms with Crippen LogP contribution in [0.3, 0.4) is 0 Å². The van der Waals surface area contributed by atoms with Crippen LogP contribution in [0.4, 0.5) is 0 Å². The Labute approximate surface area is 126 Å². The van der Waals surface area contributed by atoms with E-state index in [1.165, 1.54) is 18.4 Å². The maximum Gasteiger partial charge on any atom is 0.255 e. The smallest absolute Gasteiger partial charge is 0.255 e. The third kappa shape index (κ3) is 2.44. The summed E-state index contributed by atoms with van der Waals surface area (Å²) in [7, 11) is 0. The summed E-state index contributed by atoms with van der Waals surface area (Å²) in [4.78, 5) is 23.6. The number of aldehydes is 1. The molecule has 2 aromatic carbocycles. The number of para-hydroxylation sites is 1. The van der Waals surface area contributed by atoms with Gasteiger partial charge in [0.15, 0.2) is 0 Å². The Morgan fingerprint density at radius 2 is 1.86 bits per heavy atom. The van der Waals surface area contributed by atoms with Crippen molar-refractivity contribution in [2.24, 2.45) is 0 Å². The summed E-state index contributed by atoms with van der Waals surface area (Å²) in [6, 6.07) is 12.6. The second-order valence-corrected chi connectivity index (χ2v) is 4.79. The minimum Gasteiger partial charge on any atom is -0.507 e. The lowest BCUT2D eigenvalue weighted by Gasteiger charge is -2.11. The summed E-state index contributed by atoms with van der Waals surface area (Å²) >= 11 is 0. The van der Waals surface area contributed by atoms with Crippen LogP contribution < -0.4 is 5.32 Å². The fourth-order valence-corrected chi connectivity index (χ4v) is 2.30. The number of carbonyl (C=O) groups is 2. The van der Waals surface area contributed by atoms with Crippen molar-refractivity contribution in [3.63, 3.8) is 0 Å². The fourth-order valence-electron chi connectivity index (χ4n) is 2.30. The molecule has 1 unspecified atom stereocenters. The highest BCUT2D eigenvalue weighted by Crippen LogP contribution is 2.26. The molecule has 0 bridgehead atoms. The zero-order valence-corrected chi connectivity index (χ0v) is 11.5. The summed E-state index contributed by atoms with van der Waals surface area (Å²) in [5, 5.41) is 13.9. The molecule has 3 aromatic rings. The Bertz CT molecular complexity index is 837. The lowest BCUT2D eigenvalue weighted by Crippen LogP contribution is -2.29. The number of aromatic hydroxyl groups is 1. The summed E-state index contributed by atoms with van der Waals surface area (Å²) < 4.78 is 5.43. The third-order valence-corrected chi connectivity index (χ3v) is 3.39. The summed E-state index contributed by atoms with van der Waals surface area (Å²) in [5.41, 5.74) is 0.102. The van der Waals surface area contributed by atoms with E-state index in [2.05, 4.69) is 5.32 Å². The van der Waals surface area contributed by atoms with E-state index in [0.717, 1.165) is 10.8 Å². The monoisotopic (exact) mass is 295 g/mol. The molecule has 0 spiro atoms. The molecular weight excluding hydrogens is 282 g/mol. The van der Waals surface area contributed by atoms with Crippen molar-refractivity contribution in [3.05, 3.63) is 66.1 Å². The first-order chi connectivity index (χ1) is 10.7. The molecule has 1 aromatic heterocycles. The number of rotatable bonds is 4. The number of fused-ring (bicyclic) bond motifs is 1. The third-order valence-electron chi connectivity index (χ3n) is 3.39. The highest BCUT2D eigenvalue weighted by Gasteiger charge is 2.21. The summed E-state index contributed by atoms with van der Waals surface area (Å²) in [6.07, 6.45) is 2.14. The van der Waals surface area contributed by atoms with Gasteiger partial charge in [0.05, 0.1) is 11.8 Å². The van der Waals surface area contributed by atoms with Gasteiger partial charge in [0.1, 0.15) is 23.8 Å². The van der Waals surface area contributed by atoms with Crippen LogP contribution in [0.25, 0.3) is 10.8 Å². The molecule has 1 amide bonds. The van der Waals surface area contributed by atoms with Crippen molar-refractivity contribution in [1.29, 1.82) is 0 Å². The number of hydrogen-bond acceptors (Lipinski definition) is 4. The minimum atomic E-state index is -0.924. The number of benzene rings is 2. The van der Waals surface area contributed by atoms with Crippen LogP contribution in [0.5, 0.6) is 5.75 Å². The molecule has 5 nitrogen and oxygen atoms in total. The Morgan fingerprint density at radius 1 is 1.14 bits per heavy atom. The fraction of sp³-hybridized carbons (Fsp3) is 0.0588. The van der Waals surface area contributed by atoms with Crippen molar-refractivity contribution in [1.82, 2.24) is 5.32 Å². The van der Waals surface area contributed by atoms with Crippen LogP contribution >= 0.6 is 0 Å². The highest BCUT2D eigenvalue weighted by molar-refractivity contribution is 5.98. The summed E-state index contributed by atoms with van der Waals surface area (Å²) in [5.74, 6) is -0.320. The molecule has 2 N–H and O–H groups in total. The molecule has 0 saturated heterocycles. The molecule has 0 aliphatic heterocycles.